The lowest BCUT2D eigenvalue weighted by Crippen LogP contribution is -2.07. The highest BCUT2D eigenvalue weighted by atomic mass is 19.4. The number of halogens is 4. The summed E-state index contributed by atoms with van der Waals surface area (Å²) in [5.74, 6) is -1.02. The minimum absolute atomic E-state index is 0.0392. The second-order valence-electron chi connectivity index (χ2n) is 4.24. The normalized spacial score (nSPS) is 11.2. The molecule has 2 nitrogen and oxygen atoms in total. The molecule has 108 valence electrons. The third-order valence-corrected chi connectivity index (χ3v) is 2.78. The van der Waals surface area contributed by atoms with Crippen LogP contribution in [0.2, 0.25) is 0 Å². The zero-order valence-electron chi connectivity index (χ0n) is 10.6. The lowest BCUT2D eigenvalue weighted by Gasteiger charge is -2.08. The molecule has 2 rings (SSSR count). The van der Waals surface area contributed by atoms with Crippen molar-refractivity contribution in [3.63, 3.8) is 0 Å². The van der Waals surface area contributed by atoms with Gasteiger partial charge in [-0.2, -0.15) is 13.2 Å². The first-order valence-corrected chi connectivity index (χ1v) is 5.82. The van der Waals surface area contributed by atoms with E-state index < -0.39 is 23.3 Å². The molecule has 0 bridgehead atoms. The van der Waals surface area contributed by atoms with E-state index in [-0.39, 0.29) is 16.8 Å². The standard InChI is InChI=1S/C15H9F4NO/c1-9(14(21)10-2-5-12(16)6-3-10)13-7-4-11(8-20-13)15(17,18)19/h2-8H,1H2. The van der Waals surface area contributed by atoms with Gasteiger partial charge in [0, 0.05) is 17.3 Å². The Morgan fingerprint density at radius 2 is 1.67 bits per heavy atom. The van der Waals surface area contributed by atoms with E-state index in [0.717, 1.165) is 24.3 Å². The molecule has 1 heterocycles. The minimum atomic E-state index is -4.49. The van der Waals surface area contributed by atoms with Gasteiger partial charge >= 0.3 is 6.18 Å². The second kappa shape index (κ2) is 5.47. The van der Waals surface area contributed by atoms with E-state index in [1.54, 1.807) is 0 Å². The van der Waals surface area contributed by atoms with Crippen molar-refractivity contribution in [1.29, 1.82) is 0 Å². The fourth-order valence-corrected chi connectivity index (χ4v) is 1.63. The molecule has 1 aromatic carbocycles. The van der Waals surface area contributed by atoms with Gasteiger partial charge in [-0.1, -0.05) is 6.58 Å². The van der Waals surface area contributed by atoms with Crippen LogP contribution >= 0.6 is 0 Å². The van der Waals surface area contributed by atoms with Crippen LogP contribution in [0.15, 0.2) is 49.2 Å². The number of alkyl halides is 3. The summed E-state index contributed by atoms with van der Waals surface area (Å²) in [4.78, 5) is 15.6. The van der Waals surface area contributed by atoms with Crippen molar-refractivity contribution < 1.29 is 22.4 Å². The van der Waals surface area contributed by atoms with Crippen molar-refractivity contribution in [2.45, 2.75) is 6.18 Å². The molecule has 0 aliphatic heterocycles. The number of hydrogen-bond acceptors (Lipinski definition) is 2. The number of hydrogen-bond donors (Lipinski definition) is 0. The number of benzene rings is 1. The molecular weight excluding hydrogens is 286 g/mol. The number of Topliss-reactive ketones (excluding diaryl/α,β-unsaturated/α-hetero) is 1. The van der Waals surface area contributed by atoms with Crippen molar-refractivity contribution in [2.24, 2.45) is 0 Å². The molecule has 0 amide bonds. The van der Waals surface area contributed by atoms with E-state index in [2.05, 4.69) is 11.6 Å². The fourth-order valence-electron chi connectivity index (χ4n) is 1.63. The van der Waals surface area contributed by atoms with Crippen LogP contribution in [0, 0.1) is 5.82 Å². The minimum Gasteiger partial charge on any atom is -0.289 e. The Morgan fingerprint density at radius 1 is 1.05 bits per heavy atom. The summed E-state index contributed by atoms with van der Waals surface area (Å²) in [5, 5.41) is 0. The van der Waals surface area contributed by atoms with Gasteiger partial charge < -0.3 is 0 Å². The van der Waals surface area contributed by atoms with Crippen LogP contribution in [-0.4, -0.2) is 10.8 Å². The number of nitrogens with zero attached hydrogens (tertiary/aromatic N) is 1. The first-order valence-electron chi connectivity index (χ1n) is 5.82. The average molecular weight is 295 g/mol. The number of aromatic nitrogens is 1. The van der Waals surface area contributed by atoms with Crippen molar-refractivity contribution in [1.82, 2.24) is 4.98 Å². The van der Waals surface area contributed by atoms with E-state index in [4.69, 9.17) is 0 Å². The predicted octanol–water partition coefficient (Wildman–Crippen LogP) is 4.14. The summed E-state index contributed by atoms with van der Waals surface area (Å²) < 4.78 is 50.0. The van der Waals surface area contributed by atoms with E-state index in [0.29, 0.717) is 6.20 Å². The maximum Gasteiger partial charge on any atom is 0.417 e. The van der Waals surface area contributed by atoms with Crippen LogP contribution < -0.4 is 0 Å². The topological polar surface area (TPSA) is 30.0 Å². The van der Waals surface area contributed by atoms with Gasteiger partial charge in [-0.3, -0.25) is 9.78 Å². The molecule has 0 unspecified atom stereocenters. The molecule has 0 atom stereocenters. The largest absolute Gasteiger partial charge is 0.417 e. The molecule has 6 heteroatoms. The van der Waals surface area contributed by atoms with E-state index in [1.807, 2.05) is 0 Å². The zero-order chi connectivity index (χ0) is 15.6. The van der Waals surface area contributed by atoms with E-state index in [9.17, 15) is 22.4 Å². The first-order chi connectivity index (χ1) is 9.79. The number of ketones is 1. The summed E-state index contributed by atoms with van der Waals surface area (Å²) in [5.41, 5.74) is -0.746. The van der Waals surface area contributed by atoms with Crippen LogP contribution in [-0.2, 0) is 6.18 Å². The molecule has 21 heavy (non-hydrogen) atoms. The Labute approximate surface area is 117 Å². The third-order valence-electron chi connectivity index (χ3n) is 2.78. The lowest BCUT2D eigenvalue weighted by molar-refractivity contribution is -0.137. The molecule has 0 aliphatic carbocycles. The van der Waals surface area contributed by atoms with Crippen molar-refractivity contribution in [3.8, 4) is 0 Å². The maximum absolute atomic E-state index is 12.8. The molecule has 0 saturated carbocycles. The van der Waals surface area contributed by atoms with Gasteiger partial charge in [0.15, 0.2) is 5.78 Å². The van der Waals surface area contributed by atoms with Crippen LogP contribution in [0.5, 0.6) is 0 Å². The highest BCUT2D eigenvalue weighted by Crippen LogP contribution is 2.29. The SMILES string of the molecule is C=C(C(=O)c1ccc(F)cc1)c1ccc(C(F)(F)F)cn1. The van der Waals surface area contributed by atoms with Gasteiger partial charge in [-0.15, -0.1) is 0 Å². The average Bonchev–Trinajstić information content (AvgIpc) is 2.46. The Balaban J connectivity index is 2.24. The quantitative estimate of drug-likeness (QED) is 0.484. The maximum atomic E-state index is 12.8. The zero-order valence-corrected chi connectivity index (χ0v) is 10.6. The number of pyridine rings is 1. The Morgan fingerprint density at radius 3 is 2.14 bits per heavy atom. The van der Waals surface area contributed by atoms with Crippen molar-refractivity contribution >= 4 is 11.4 Å². The van der Waals surface area contributed by atoms with Gasteiger partial charge in [-0.05, 0) is 36.4 Å². The Kier molecular flexibility index (Phi) is 3.88. The molecule has 0 radical (unpaired) electrons. The predicted molar refractivity (Wildman–Crippen MR) is 69.0 cm³/mol. The molecule has 0 N–H and O–H groups in total. The molecule has 1 aromatic heterocycles. The van der Waals surface area contributed by atoms with E-state index >= 15 is 0 Å². The highest BCUT2D eigenvalue weighted by molar-refractivity contribution is 6.27. The molecular formula is C15H9F4NO. The summed E-state index contributed by atoms with van der Waals surface area (Å²) in [6.45, 7) is 3.53. The van der Waals surface area contributed by atoms with Gasteiger partial charge in [-0.25, -0.2) is 4.39 Å². The first kappa shape index (κ1) is 14.9. The number of carbonyl (C=O) groups is 1. The lowest BCUT2D eigenvalue weighted by atomic mass is 10.0. The molecule has 0 fully saturated rings. The summed E-state index contributed by atoms with van der Waals surface area (Å²) >= 11 is 0. The number of allylic oxidation sites excluding steroid dienone is 1. The smallest absolute Gasteiger partial charge is 0.289 e. The number of carbonyl (C=O) groups excluding carboxylic acids is 1. The van der Waals surface area contributed by atoms with Crippen molar-refractivity contribution in [3.05, 3.63) is 71.8 Å². The summed E-state index contributed by atoms with van der Waals surface area (Å²) in [7, 11) is 0. The highest BCUT2D eigenvalue weighted by Gasteiger charge is 2.30. The second-order valence-corrected chi connectivity index (χ2v) is 4.24. The Hall–Kier alpha value is -2.50. The third kappa shape index (κ3) is 3.34. The van der Waals surface area contributed by atoms with Crippen LogP contribution in [0.1, 0.15) is 21.6 Å². The molecule has 0 saturated heterocycles. The van der Waals surface area contributed by atoms with Gasteiger partial charge in [0.2, 0.25) is 0 Å². The van der Waals surface area contributed by atoms with Crippen LogP contribution in [0.4, 0.5) is 17.6 Å². The molecule has 0 spiro atoms. The summed E-state index contributed by atoms with van der Waals surface area (Å²) in [6.07, 6.45) is -3.85. The van der Waals surface area contributed by atoms with Crippen LogP contribution in [0.3, 0.4) is 0 Å². The molecule has 2 aromatic rings. The monoisotopic (exact) mass is 295 g/mol. The fraction of sp³-hybridized carbons (Fsp3) is 0.0667. The molecule has 0 aliphatic rings. The van der Waals surface area contributed by atoms with Crippen molar-refractivity contribution in [2.75, 3.05) is 0 Å². The van der Waals surface area contributed by atoms with Gasteiger partial charge in [0.05, 0.1) is 11.3 Å². The van der Waals surface area contributed by atoms with E-state index in [1.165, 1.54) is 12.1 Å². The van der Waals surface area contributed by atoms with Gasteiger partial charge in [0.1, 0.15) is 5.82 Å². The summed E-state index contributed by atoms with van der Waals surface area (Å²) in [6, 6.07) is 6.67. The Bertz CT molecular complexity index is 672. The van der Waals surface area contributed by atoms with Crippen LogP contribution in [0.25, 0.3) is 5.57 Å². The number of rotatable bonds is 3. The van der Waals surface area contributed by atoms with Gasteiger partial charge in [0.25, 0.3) is 0 Å².